The summed E-state index contributed by atoms with van der Waals surface area (Å²) in [6.07, 6.45) is 2.41. The van der Waals surface area contributed by atoms with E-state index in [1.165, 1.54) is 12.8 Å². The Bertz CT molecular complexity index is 441. The molecule has 0 spiro atoms. The van der Waals surface area contributed by atoms with E-state index in [-0.39, 0.29) is 5.91 Å². The molecule has 0 aliphatic heterocycles. The van der Waals surface area contributed by atoms with Gasteiger partial charge in [0.05, 0.1) is 11.3 Å². The zero-order valence-corrected chi connectivity index (χ0v) is 11.1. The van der Waals surface area contributed by atoms with Crippen molar-refractivity contribution >= 4 is 17.3 Å². The Hall–Kier alpha value is -1.71. The highest BCUT2D eigenvalue weighted by molar-refractivity contribution is 6.00. The molecule has 0 atom stereocenters. The van der Waals surface area contributed by atoms with Crippen molar-refractivity contribution in [3.63, 3.8) is 0 Å². The molecule has 0 radical (unpaired) electrons. The topological polar surface area (TPSA) is 58.4 Å². The van der Waals surface area contributed by atoms with E-state index in [1.54, 1.807) is 6.07 Å². The number of nitrogens with zero attached hydrogens (tertiary/aromatic N) is 1. The minimum atomic E-state index is -0.0217. The molecule has 0 bridgehead atoms. The largest absolute Gasteiger partial charge is 0.399 e. The fourth-order valence-corrected chi connectivity index (χ4v) is 2.25. The fourth-order valence-electron chi connectivity index (χ4n) is 2.25. The SMILES string of the molecule is CCNC(=O)c1ccc(N)cc1N(CC)C1CC1. The normalized spacial score (nSPS) is 14.3. The van der Waals surface area contributed by atoms with E-state index in [1.807, 2.05) is 19.1 Å². The van der Waals surface area contributed by atoms with E-state index in [0.717, 1.165) is 17.8 Å². The monoisotopic (exact) mass is 247 g/mol. The maximum absolute atomic E-state index is 12.1. The van der Waals surface area contributed by atoms with E-state index in [4.69, 9.17) is 5.73 Å². The van der Waals surface area contributed by atoms with Gasteiger partial charge in [0.1, 0.15) is 0 Å². The van der Waals surface area contributed by atoms with Crippen LogP contribution in [0.5, 0.6) is 0 Å². The first-order valence-corrected chi connectivity index (χ1v) is 6.61. The number of carbonyl (C=O) groups is 1. The number of rotatable bonds is 5. The number of benzene rings is 1. The van der Waals surface area contributed by atoms with E-state index in [9.17, 15) is 4.79 Å². The predicted molar refractivity (Wildman–Crippen MR) is 74.9 cm³/mol. The van der Waals surface area contributed by atoms with Crippen LogP contribution in [0, 0.1) is 0 Å². The highest BCUT2D eigenvalue weighted by Gasteiger charge is 2.30. The van der Waals surface area contributed by atoms with Crippen molar-refractivity contribution in [3.05, 3.63) is 23.8 Å². The molecule has 4 nitrogen and oxygen atoms in total. The molecule has 18 heavy (non-hydrogen) atoms. The minimum Gasteiger partial charge on any atom is -0.399 e. The second kappa shape index (κ2) is 5.29. The summed E-state index contributed by atoms with van der Waals surface area (Å²) in [7, 11) is 0. The van der Waals surface area contributed by atoms with E-state index < -0.39 is 0 Å². The maximum Gasteiger partial charge on any atom is 0.253 e. The Balaban J connectivity index is 2.36. The Morgan fingerprint density at radius 2 is 2.17 bits per heavy atom. The molecule has 98 valence electrons. The van der Waals surface area contributed by atoms with Crippen LogP contribution in [0.1, 0.15) is 37.0 Å². The molecule has 0 saturated heterocycles. The van der Waals surface area contributed by atoms with Gasteiger partial charge in [-0.1, -0.05) is 0 Å². The van der Waals surface area contributed by atoms with Crippen molar-refractivity contribution in [2.75, 3.05) is 23.7 Å². The van der Waals surface area contributed by atoms with Crippen molar-refractivity contribution in [2.45, 2.75) is 32.7 Å². The third-order valence-electron chi connectivity index (χ3n) is 3.24. The first kappa shape index (κ1) is 12.7. The van der Waals surface area contributed by atoms with Gasteiger partial charge < -0.3 is 16.0 Å². The van der Waals surface area contributed by atoms with Crippen LogP contribution in [0.3, 0.4) is 0 Å². The molecule has 0 unspecified atom stereocenters. The molecule has 1 amide bonds. The summed E-state index contributed by atoms with van der Waals surface area (Å²) < 4.78 is 0. The first-order valence-electron chi connectivity index (χ1n) is 6.61. The number of hydrogen-bond donors (Lipinski definition) is 2. The molecule has 1 fully saturated rings. The molecular weight excluding hydrogens is 226 g/mol. The molecular formula is C14H21N3O. The summed E-state index contributed by atoms with van der Waals surface area (Å²) >= 11 is 0. The predicted octanol–water partition coefficient (Wildman–Crippen LogP) is 2.01. The van der Waals surface area contributed by atoms with Crippen molar-refractivity contribution in [1.29, 1.82) is 0 Å². The second-order valence-electron chi connectivity index (χ2n) is 4.65. The highest BCUT2D eigenvalue weighted by Crippen LogP contribution is 2.34. The number of nitrogens with two attached hydrogens (primary N) is 1. The van der Waals surface area contributed by atoms with Crippen LogP contribution in [0.2, 0.25) is 0 Å². The number of nitrogens with one attached hydrogen (secondary N) is 1. The van der Waals surface area contributed by atoms with Crippen LogP contribution < -0.4 is 16.0 Å². The van der Waals surface area contributed by atoms with Crippen molar-refractivity contribution in [1.82, 2.24) is 5.32 Å². The number of hydrogen-bond acceptors (Lipinski definition) is 3. The lowest BCUT2D eigenvalue weighted by Crippen LogP contribution is -2.30. The smallest absolute Gasteiger partial charge is 0.253 e. The van der Waals surface area contributed by atoms with Crippen LogP contribution in [0.4, 0.5) is 11.4 Å². The summed E-state index contributed by atoms with van der Waals surface area (Å²) in [6, 6.07) is 6.09. The van der Waals surface area contributed by atoms with Gasteiger partial charge in [-0.05, 0) is 44.9 Å². The summed E-state index contributed by atoms with van der Waals surface area (Å²) in [5.74, 6) is -0.0217. The molecule has 1 saturated carbocycles. The Morgan fingerprint density at radius 3 is 2.72 bits per heavy atom. The lowest BCUT2D eigenvalue weighted by Gasteiger charge is -2.25. The minimum absolute atomic E-state index is 0.0217. The fraction of sp³-hybridized carbons (Fsp3) is 0.500. The summed E-state index contributed by atoms with van der Waals surface area (Å²) in [5.41, 5.74) is 8.25. The van der Waals surface area contributed by atoms with Gasteiger partial charge in [-0.3, -0.25) is 4.79 Å². The molecule has 1 aromatic carbocycles. The second-order valence-corrected chi connectivity index (χ2v) is 4.65. The molecule has 0 heterocycles. The van der Waals surface area contributed by atoms with Gasteiger partial charge in [0.2, 0.25) is 0 Å². The highest BCUT2D eigenvalue weighted by atomic mass is 16.1. The van der Waals surface area contributed by atoms with Crippen LogP contribution in [0.15, 0.2) is 18.2 Å². The van der Waals surface area contributed by atoms with Gasteiger partial charge >= 0.3 is 0 Å². The van der Waals surface area contributed by atoms with Crippen LogP contribution in [-0.4, -0.2) is 25.0 Å². The zero-order chi connectivity index (χ0) is 13.1. The van der Waals surface area contributed by atoms with Crippen molar-refractivity contribution in [2.24, 2.45) is 0 Å². The molecule has 0 aromatic heterocycles. The number of nitrogen functional groups attached to an aromatic ring is 1. The van der Waals surface area contributed by atoms with Crippen LogP contribution in [-0.2, 0) is 0 Å². The average Bonchev–Trinajstić information content (AvgIpc) is 3.15. The number of carbonyl (C=O) groups excluding carboxylic acids is 1. The van der Waals surface area contributed by atoms with Gasteiger partial charge in [0.15, 0.2) is 0 Å². The first-order chi connectivity index (χ1) is 8.67. The Kier molecular flexibility index (Phi) is 3.75. The van der Waals surface area contributed by atoms with Gasteiger partial charge in [-0.15, -0.1) is 0 Å². The number of amides is 1. The molecule has 1 aromatic rings. The summed E-state index contributed by atoms with van der Waals surface area (Å²) in [5, 5.41) is 2.85. The van der Waals surface area contributed by atoms with Gasteiger partial charge in [0, 0.05) is 24.8 Å². The van der Waals surface area contributed by atoms with Crippen molar-refractivity contribution in [3.8, 4) is 0 Å². The van der Waals surface area contributed by atoms with Crippen LogP contribution in [0.25, 0.3) is 0 Å². The van der Waals surface area contributed by atoms with Gasteiger partial charge in [-0.25, -0.2) is 0 Å². The third kappa shape index (κ3) is 2.58. The van der Waals surface area contributed by atoms with Crippen molar-refractivity contribution < 1.29 is 4.79 Å². The molecule has 2 rings (SSSR count). The molecule has 3 N–H and O–H groups in total. The number of anilines is 2. The third-order valence-corrected chi connectivity index (χ3v) is 3.24. The van der Waals surface area contributed by atoms with Gasteiger partial charge in [0.25, 0.3) is 5.91 Å². The Morgan fingerprint density at radius 1 is 1.44 bits per heavy atom. The van der Waals surface area contributed by atoms with Gasteiger partial charge in [-0.2, -0.15) is 0 Å². The zero-order valence-electron chi connectivity index (χ0n) is 11.1. The molecule has 1 aliphatic carbocycles. The summed E-state index contributed by atoms with van der Waals surface area (Å²) in [4.78, 5) is 14.3. The lowest BCUT2D eigenvalue weighted by molar-refractivity contribution is 0.0956. The average molecular weight is 247 g/mol. The van der Waals surface area contributed by atoms with Crippen LogP contribution >= 0.6 is 0 Å². The van der Waals surface area contributed by atoms with E-state index in [0.29, 0.717) is 18.3 Å². The quantitative estimate of drug-likeness (QED) is 0.782. The van der Waals surface area contributed by atoms with E-state index >= 15 is 0 Å². The Labute approximate surface area is 108 Å². The van der Waals surface area contributed by atoms with E-state index in [2.05, 4.69) is 17.1 Å². The lowest BCUT2D eigenvalue weighted by atomic mass is 10.1. The molecule has 4 heteroatoms. The molecule has 1 aliphatic rings. The standard InChI is InChI=1S/C14H21N3O/c1-3-16-14(18)12-8-5-10(15)9-13(12)17(4-2)11-6-7-11/h5,8-9,11H,3-4,6-7,15H2,1-2H3,(H,16,18). The maximum atomic E-state index is 12.1. The summed E-state index contributed by atoms with van der Waals surface area (Å²) in [6.45, 7) is 5.58.